The van der Waals surface area contributed by atoms with Gasteiger partial charge in [0.1, 0.15) is 22.4 Å². The molecule has 3 aromatic carbocycles. The van der Waals surface area contributed by atoms with E-state index in [0.29, 0.717) is 24.6 Å². The Morgan fingerprint density at radius 2 is 1.80 bits per heavy atom. The van der Waals surface area contributed by atoms with Crippen LogP contribution in [0.2, 0.25) is 0 Å². The summed E-state index contributed by atoms with van der Waals surface area (Å²) in [7, 11) is 0. The van der Waals surface area contributed by atoms with Crippen LogP contribution in [0.15, 0.2) is 72.8 Å². The zero-order valence-corrected chi connectivity index (χ0v) is 25.6. The fraction of sp³-hybridized carbons (Fsp3) is 0.382. The van der Waals surface area contributed by atoms with Crippen LogP contribution in [0.1, 0.15) is 46.8 Å². The number of phenolic OH excluding ortho intramolecular Hbond substituents is 1. The molecule has 10 heteroatoms. The van der Waals surface area contributed by atoms with E-state index in [1.807, 2.05) is 61.5 Å². The Bertz CT molecular complexity index is 1560. The number of carbonyl (C=O) groups is 3. The molecule has 3 aliphatic rings. The van der Waals surface area contributed by atoms with Crippen molar-refractivity contribution < 1.29 is 29.3 Å². The molecule has 2 saturated heterocycles. The van der Waals surface area contributed by atoms with Gasteiger partial charge >= 0.3 is 0 Å². The van der Waals surface area contributed by atoms with Crippen LogP contribution in [0.4, 0.5) is 0 Å². The molecule has 2 heterocycles. The summed E-state index contributed by atoms with van der Waals surface area (Å²) in [5.41, 5.74) is 2.42. The van der Waals surface area contributed by atoms with Crippen molar-refractivity contribution in [1.29, 1.82) is 0 Å². The van der Waals surface area contributed by atoms with E-state index < -0.39 is 34.9 Å². The monoisotopic (exact) mass is 615 g/mol. The summed E-state index contributed by atoms with van der Waals surface area (Å²) in [4.78, 5) is 43.2. The fourth-order valence-electron chi connectivity index (χ4n) is 5.94. The predicted octanol–water partition coefficient (Wildman–Crippen LogP) is 3.85. The average molecular weight is 616 g/mol. The zero-order chi connectivity index (χ0) is 31.0. The third-order valence-electron chi connectivity index (χ3n) is 8.85. The van der Waals surface area contributed by atoms with Gasteiger partial charge in [-0.1, -0.05) is 48.5 Å². The average Bonchev–Trinajstić information content (AvgIpc) is 3.81. The number of carbonyl (C=O) groups excluding carboxylic acids is 3. The zero-order valence-electron chi connectivity index (χ0n) is 24.8. The number of phenols is 1. The van der Waals surface area contributed by atoms with Gasteiger partial charge in [0, 0.05) is 17.7 Å². The molecule has 3 aromatic rings. The molecule has 3 N–H and O–H groups in total. The van der Waals surface area contributed by atoms with Gasteiger partial charge in [0.25, 0.3) is 11.8 Å². The number of rotatable bonds is 11. The fourth-order valence-corrected chi connectivity index (χ4v) is 7.31. The number of thioether (sulfide) groups is 1. The third-order valence-corrected chi connectivity index (χ3v) is 10.3. The minimum atomic E-state index is -1.60. The summed E-state index contributed by atoms with van der Waals surface area (Å²) in [5, 5.41) is 24.4. The summed E-state index contributed by atoms with van der Waals surface area (Å²) in [6.45, 7) is 4.68. The summed E-state index contributed by atoms with van der Waals surface area (Å²) in [6.07, 6.45) is 1.01. The summed E-state index contributed by atoms with van der Waals surface area (Å²) in [5.74, 6) is 0.344. The van der Waals surface area contributed by atoms with Gasteiger partial charge in [-0.2, -0.15) is 0 Å². The first-order valence-corrected chi connectivity index (χ1v) is 15.9. The molecule has 0 bridgehead atoms. The van der Waals surface area contributed by atoms with Crippen LogP contribution in [0.5, 0.6) is 11.5 Å². The molecule has 2 aliphatic heterocycles. The molecule has 230 valence electrons. The van der Waals surface area contributed by atoms with Gasteiger partial charge in [0.05, 0.1) is 18.5 Å². The second-order valence-corrected chi connectivity index (χ2v) is 13.4. The largest absolute Gasteiger partial charge is 0.508 e. The van der Waals surface area contributed by atoms with Crippen LogP contribution in [0.25, 0.3) is 0 Å². The molecule has 1 unspecified atom stereocenters. The van der Waals surface area contributed by atoms with Crippen LogP contribution < -0.4 is 10.1 Å². The lowest BCUT2D eigenvalue weighted by atomic mass is 9.92. The summed E-state index contributed by atoms with van der Waals surface area (Å²) < 4.78 is 5.92. The van der Waals surface area contributed by atoms with E-state index in [2.05, 4.69) is 5.32 Å². The van der Waals surface area contributed by atoms with E-state index in [0.717, 1.165) is 16.9 Å². The summed E-state index contributed by atoms with van der Waals surface area (Å²) in [6, 6.07) is 20.0. The lowest BCUT2D eigenvalue weighted by Crippen LogP contribution is -2.73. The number of nitrogens with one attached hydrogen (secondary N) is 1. The molecule has 6 rings (SSSR count). The van der Waals surface area contributed by atoms with Crippen molar-refractivity contribution in [2.24, 2.45) is 5.92 Å². The Morgan fingerprint density at radius 1 is 1.07 bits per heavy atom. The van der Waals surface area contributed by atoms with Gasteiger partial charge in [-0.25, -0.2) is 0 Å². The molecule has 4 atom stereocenters. The van der Waals surface area contributed by atoms with Crippen molar-refractivity contribution in [3.05, 3.63) is 95.1 Å². The number of fused-ring (bicyclic) bond motifs is 1. The molecule has 0 spiro atoms. The van der Waals surface area contributed by atoms with Gasteiger partial charge in [-0.05, 0) is 74.4 Å². The van der Waals surface area contributed by atoms with Crippen LogP contribution in [-0.2, 0) is 22.6 Å². The standard InChI is InChI=1S/C34H37N3O6S/c1-21-26(12-7-13-28(21)38)31(40)35-27(17-22-8-4-3-5-9-22)29(39)32(41)36-20-44-34(2)30(36)33(42)37(34)18-24-10-6-11-25(16-24)43-19-23-14-15-23/h3-13,16,23,27,29-30,38-39H,14-15,17-20H2,1-2H3,(H,35,40)/t27-,29-,30+,34?/m0/s1. The molecule has 1 aliphatic carbocycles. The molecule has 3 amide bonds. The topological polar surface area (TPSA) is 119 Å². The number of likely N-dealkylation sites (tertiary alicyclic amines) is 1. The number of benzene rings is 3. The number of aliphatic hydroxyl groups is 1. The minimum absolute atomic E-state index is 0.0205. The third kappa shape index (κ3) is 5.88. The van der Waals surface area contributed by atoms with Crippen LogP contribution in [0, 0.1) is 12.8 Å². The number of nitrogens with zero attached hydrogens (tertiary/aromatic N) is 2. The molecule has 0 radical (unpaired) electrons. The maximum atomic E-state index is 13.8. The van der Waals surface area contributed by atoms with Crippen LogP contribution in [0.3, 0.4) is 0 Å². The Hall–Kier alpha value is -4.02. The predicted molar refractivity (Wildman–Crippen MR) is 167 cm³/mol. The maximum absolute atomic E-state index is 13.8. The maximum Gasteiger partial charge on any atom is 0.255 e. The molecule has 0 aromatic heterocycles. The highest BCUT2D eigenvalue weighted by molar-refractivity contribution is 8.01. The van der Waals surface area contributed by atoms with Gasteiger partial charge in [-0.3, -0.25) is 14.4 Å². The lowest BCUT2D eigenvalue weighted by molar-refractivity contribution is -0.168. The van der Waals surface area contributed by atoms with Gasteiger partial charge < -0.3 is 30.1 Å². The van der Waals surface area contributed by atoms with Crippen molar-refractivity contribution in [3.8, 4) is 11.5 Å². The lowest BCUT2D eigenvalue weighted by Gasteiger charge is -2.52. The first-order chi connectivity index (χ1) is 21.2. The van der Waals surface area contributed by atoms with E-state index in [9.17, 15) is 24.6 Å². The van der Waals surface area contributed by atoms with E-state index in [1.54, 1.807) is 24.0 Å². The first kappa shape index (κ1) is 30.0. The number of aliphatic hydroxyl groups excluding tert-OH is 1. The highest BCUT2D eigenvalue weighted by Gasteiger charge is 2.65. The van der Waals surface area contributed by atoms with E-state index in [-0.39, 0.29) is 29.5 Å². The number of hydrogen-bond acceptors (Lipinski definition) is 7. The SMILES string of the molecule is Cc1c(O)cccc1C(=O)N[C@@H](Cc1ccccc1)[C@H](O)C(=O)N1CSC2(C)[C@H]1C(=O)N2Cc1cccc(OCC2CC2)c1. The van der Waals surface area contributed by atoms with E-state index in [4.69, 9.17) is 4.74 Å². The molecule has 44 heavy (non-hydrogen) atoms. The van der Waals surface area contributed by atoms with Gasteiger partial charge in [0.15, 0.2) is 6.10 Å². The Balaban J connectivity index is 1.16. The van der Waals surface area contributed by atoms with Crippen molar-refractivity contribution in [3.63, 3.8) is 0 Å². The first-order valence-electron chi connectivity index (χ1n) is 14.9. The molecule has 3 fully saturated rings. The molecular formula is C34H37N3O6S. The number of hydrogen-bond donors (Lipinski definition) is 3. The van der Waals surface area contributed by atoms with Crippen molar-refractivity contribution in [2.75, 3.05) is 12.5 Å². The van der Waals surface area contributed by atoms with Crippen LogP contribution in [-0.4, -0.2) is 73.3 Å². The normalized spacial score (nSPS) is 22.2. The Morgan fingerprint density at radius 3 is 2.55 bits per heavy atom. The van der Waals surface area contributed by atoms with Gasteiger partial charge in [-0.15, -0.1) is 11.8 Å². The Kier molecular flexibility index (Phi) is 8.30. The summed E-state index contributed by atoms with van der Waals surface area (Å²) >= 11 is 1.49. The number of aromatic hydroxyl groups is 1. The molecule has 9 nitrogen and oxygen atoms in total. The second-order valence-electron chi connectivity index (χ2n) is 12.0. The molecular weight excluding hydrogens is 578 g/mol. The van der Waals surface area contributed by atoms with Gasteiger partial charge in [0.2, 0.25) is 5.91 Å². The highest BCUT2D eigenvalue weighted by Crippen LogP contribution is 2.51. The quantitative estimate of drug-likeness (QED) is 0.281. The van der Waals surface area contributed by atoms with Crippen molar-refractivity contribution in [2.45, 2.75) is 62.7 Å². The minimum Gasteiger partial charge on any atom is -0.508 e. The number of amides is 3. The van der Waals surface area contributed by atoms with Crippen molar-refractivity contribution in [1.82, 2.24) is 15.1 Å². The second kappa shape index (κ2) is 12.2. The Labute approximate surface area is 261 Å². The number of β-lactam (4-membered cyclic amide) rings is 1. The van der Waals surface area contributed by atoms with E-state index >= 15 is 0 Å². The highest BCUT2D eigenvalue weighted by atomic mass is 32.2. The molecule has 1 saturated carbocycles. The van der Waals surface area contributed by atoms with E-state index in [1.165, 1.54) is 35.6 Å². The van der Waals surface area contributed by atoms with Crippen LogP contribution >= 0.6 is 11.8 Å². The smallest absolute Gasteiger partial charge is 0.255 e. The van der Waals surface area contributed by atoms with Crippen molar-refractivity contribution >= 4 is 29.5 Å². The number of ether oxygens (including phenoxy) is 1.